The molecule has 1 amide bonds. The predicted molar refractivity (Wildman–Crippen MR) is 101 cm³/mol. The lowest BCUT2D eigenvalue weighted by Crippen LogP contribution is -2.26. The highest BCUT2D eigenvalue weighted by atomic mass is 16.5. The van der Waals surface area contributed by atoms with Crippen molar-refractivity contribution < 1.29 is 9.53 Å². The van der Waals surface area contributed by atoms with E-state index in [1.807, 2.05) is 66.7 Å². The summed E-state index contributed by atoms with van der Waals surface area (Å²) in [7, 11) is 1.78. The largest absolute Gasteiger partial charge is 0.493 e. The SMILES string of the molecule is CN(C(=O)c1cccc(OCCc2ccccc2)c1)c1ccccc1. The summed E-state index contributed by atoms with van der Waals surface area (Å²) in [6.45, 7) is 0.580. The van der Waals surface area contributed by atoms with Crippen molar-refractivity contribution in [3.05, 3.63) is 96.1 Å². The molecule has 3 aromatic carbocycles. The van der Waals surface area contributed by atoms with Gasteiger partial charge in [-0.15, -0.1) is 0 Å². The van der Waals surface area contributed by atoms with Crippen LogP contribution in [0.4, 0.5) is 5.69 Å². The Morgan fingerprint density at radius 2 is 1.56 bits per heavy atom. The van der Waals surface area contributed by atoms with Gasteiger partial charge in [-0.1, -0.05) is 54.6 Å². The Bertz CT molecular complexity index is 816. The molecule has 0 unspecified atom stereocenters. The molecule has 0 aliphatic heterocycles. The minimum absolute atomic E-state index is 0.0558. The first-order valence-electron chi connectivity index (χ1n) is 8.34. The van der Waals surface area contributed by atoms with E-state index in [9.17, 15) is 4.79 Å². The summed E-state index contributed by atoms with van der Waals surface area (Å²) < 4.78 is 5.82. The Balaban J connectivity index is 1.63. The first-order chi connectivity index (χ1) is 12.2. The van der Waals surface area contributed by atoms with Gasteiger partial charge in [0.05, 0.1) is 6.61 Å². The number of amides is 1. The molecule has 0 N–H and O–H groups in total. The molecule has 126 valence electrons. The Morgan fingerprint density at radius 3 is 2.28 bits per heavy atom. The van der Waals surface area contributed by atoms with E-state index >= 15 is 0 Å². The maximum absolute atomic E-state index is 12.7. The van der Waals surface area contributed by atoms with Gasteiger partial charge in [0.2, 0.25) is 0 Å². The topological polar surface area (TPSA) is 29.5 Å². The minimum Gasteiger partial charge on any atom is -0.493 e. The van der Waals surface area contributed by atoms with Gasteiger partial charge in [0.25, 0.3) is 5.91 Å². The molecule has 0 heterocycles. The smallest absolute Gasteiger partial charge is 0.258 e. The monoisotopic (exact) mass is 331 g/mol. The number of ether oxygens (including phenoxy) is 1. The van der Waals surface area contributed by atoms with Crippen LogP contribution in [0.5, 0.6) is 5.75 Å². The van der Waals surface area contributed by atoms with Crippen LogP contribution >= 0.6 is 0 Å². The second-order valence-electron chi connectivity index (χ2n) is 5.81. The summed E-state index contributed by atoms with van der Waals surface area (Å²) in [5.74, 6) is 0.656. The summed E-state index contributed by atoms with van der Waals surface area (Å²) in [6.07, 6.45) is 0.836. The molecule has 0 atom stereocenters. The van der Waals surface area contributed by atoms with Crippen molar-refractivity contribution in [2.45, 2.75) is 6.42 Å². The standard InChI is InChI=1S/C22H21NO2/c1-23(20-12-6-3-7-13-20)22(24)19-11-8-14-21(17-19)25-16-15-18-9-4-2-5-10-18/h2-14,17H,15-16H2,1H3. The van der Waals surface area contributed by atoms with Crippen LogP contribution in [-0.4, -0.2) is 19.6 Å². The molecule has 0 fully saturated rings. The van der Waals surface area contributed by atoms with Crippen LogP contribution in [0.15, 0.2) is 84.9 Å². The van der Waals surface area contributed by atoms with Gasteiger partial charge in [-0.25, -0.2) is 0 Å². The molecule has 25 heavy (non-hydrogen) atoms. The van der Waals surface area contributed by atoms with E-state index < -0.39 is 0 Å². The lowest BCUT2D eigenvalue weighted by molar-refractivity contribution is 0.0992. The number of benzene rings is 3. The fourth-order valence-electron chi connectivity index (χ4n) is 2.61. The van der Waals surface area contributed by atoms with Crippen LogP contribution in [-0.2, 0) is 6.42 Å². The third-order valence-corrected chi connectivity index (χ3v) is 4.03. The number of hydrogen-bond acceptors (Lipinski definition) is 2. The minimum atomic E-state index is -0.0558. The molecule has 0 aliphatic rings. The number of anilines is 1. The summed E-state index contributed by atoms with van der Waals surface area (Å²) in [6, 6.07) is 27.2. The number of rotatable bonds is 6. The molecule has 3 heteroatoms. The van der Waals surface area contributed by atoms with Gasteiger partial charge in [0, 0.05) is 24.7 Å². The second-order valence-corrected chi connectivity index (χ2v) is 5.81. The molecule has 0 saturated heterocycles. The average molecular weight is 331 g/mol. The summed E-state index contributed by atoms with van der Waals surface area (Å²) in [5.41, 5.74) is 2.71. The number of nitrogens with zero attached hydrogens (tertiary/aromatic N) is 1. The summed E-state index contributed by atoms with van der Waals surface area (Å²) >= 11 is 0. The Morgan fingerprint density at radius 1 is 0.880 bits per heavy atom. The van der Waals surface area contributed by atoms with Crippen LogP contribution in [0.25, 0.3) is 0 Å². The van der Waals surface area contributed by atoms with E-state index in [1.165, 1.54) is 5.56 Å². The van der Waals surface area contributed by atoms with E-state index in [0.717, 1.165) is 12.1 Å². The normalized spacial score (nSPS) is 10.3. The van der Waals surface area contributed by atoms with Crippen molar-refractivity contribution in [2.24, 2.45) is 0 Å². The molecule has 3 aromatic rings. The quantitative estimate of drug-likeness (QED) is 0.661. The van der Waals surface area contributed by atoms with Gasteiger partial charge in [-0.3, -0.25) is 4.79 Å². The van der Waals surface area contributed by atoms with Crippen molar-refractivity contribution in [1.29, 1.82) is 0 Å². The zero-order chi connectivity index (χ0) is 17.5. The highest BCUT2D eigenvalue weighted by molar-refractivity contribution is 6.05. The van der Waals surface area contributed by atoms with Gasteiger partial charge < -0.3 is 9.64 Å². The molecule has 3 rings (SSSR count). The van der Waals surface area contributed by atoms with Gasteiger partial charge >= 0.3 is 0 Å². The summed E-state index contributed by atoms with van der Waals surface area (Å²) in [4.78, 5) is 14.3. The van der Waals surface area contributed by atoms with E-state index in [-0.39, 0.29) is 5.91 Å². The van der Waals surface area contributed by atoms with E-state index in [2.05, 4.69) is 12.1 Å². The Hall–Kier alpha value is -3.07. The van der Waals surface area contributed by atoms with Crippen molar-refractivity contribution in [2.75, 3.05) is 18.6 Å². The molecular weight excluding hydrogens is 310 g/mol. The van der Waals surface area contributed by atoms with E-state index in [0.29, 0.717) is 17.9 Å². The average Bonchev–Trinajstić information content (AvgIpc) is 2.68. The van der Waals surface area contributed by atoms with Crippen LogP contribution in [0.1, 0.15) is 15.9 Å². The van der Waals surface area contributed by atoms with Gasteiger partial charge in [0.1, 0.15) is 5.75 Å². The highest BCUT2D eigenvalue weighted by Gasteiger charge is 2.13. The first kappa shape index (κ1) is 16.8. The van der Waals surface area contributed by atoms with Crippen molar-refractivity contribution in [1.82, 2.24) is 0 Å². The Labute approximate surface area is 148 Å². The van der Waals surface area contributed by atoms with Crippen molar-refractivity contribution in [3.8, 4) is 5.75 Å². The van der Waals surface area contributed by atoms with Crippen LogP contribution in [0.2, 0.25) is 0 Å². The molecule has 0 aliphatic carbocycles. The lowest BCUT2D eigenvalue weighted by atomic mass is 10.1. The number of carbonyl (C=O) groups excluding carboxylic acids is 1. The van der Waals surface area contributed by atoms with Crippen LogP contribution < -0.4 is 9.64 Å². The van der Waals surface area contributed by atoms with Gasteiger partial charge in [0.15, 0.2) is 0 Å². The molecule has 3 nitrogen and oxygen atoms in total. The molecular formula is C22H21NO2. The highest BCUT2D eigenvalue weighted by Crippen LogP contribution is 2.18. The molecule has 0 aromatic heterocycles. The third-order valence-electron chi connectivity index (χ3n) is 4.03. The van der Waals surface area contributed by atoms with E-state index in [1.54, 1.807) is 18.0 Å². The van der Waals surface area contributed by atoms with Gasteiger partial charge in [-0.2, -0.15) is 0 Å². The second kappa shape index (κ2) is 8.15. The maximum Gasteiger partial charge on any atom is 0.258 e. The van der Waals surface area contributed by atoms with Crippen molar-refractivity contribution in [3.63, 3.8) is 0 Å². The van der Waals surface area contributed by atoms with Crippen LogP contribution in [0.3, 0.4) is 0 Å². The summed E-state index contributed by atoms with van der Waals surface area (Å²) in [5, 5.41) is 0. The first-order valence-corrected chi connectivity index (χ1v) is 8.34. The lowest BCUT2D eigenvalue weighted by Gasteiger charge is -2.17. The Kier molecular flexibility index (Phi) is 5.47. The number of carbonyl (C=O) groups is 1. The maximum atomic E-state index is 12.7. The van der Waals surface area contributed by atoms with Crippen molar-refractivity contribution >= 4 is 11.6 Å². The predicted octanol–water partition coefficient (Wildman–Crippen LogP) is 4.58. The molecule has 0 spiro atoms. The van der Waals surface area contributed by atoms with Gasteiger partial charge in [-0.05, 0) is 35.9 Å². The zero-order valence-corrected chi connectivity index (χ0v) is 14.3. The van der Waals surface area contributed by atoms with E-state index in [4.69, 9.17) is 4.74 Å². The number of para-hydroxylation sites is 1. The third kappa shape index (κ3) is 4.48. The zero-order valence-electron chi connectivity index (χ0n) is 14.3. The fourth-order valence-corrected chi connectivity index (χ4v) is 2.61. The molecule has 0 saturated carbocycles. The fraction of sp³-hybridized carbons (Fsp3) is 0.136. The molecule has 0 radical (unpaired) electrons. The number of hydrogen-bond donors (Lipinski definition) is 0. The molecule has 0 bridgehead atoms. The van der Waals surface area contributed by atoms with Crippen LogP contribution in [0, 0.1) is 0 Å².